The molecule has 4 heteroatoms. The van der Waals surface area contributed by atoms with E-state index in [4.69, 9.17) is 4.42 Å². The summed E-state index contributed by atoms with van der Waals surface area (Å²) < 4.78 is 9.18. The van der Waals surface area contributed by atoms with E-state index in [9.17, 15) is 0 Å². The van der Waals surface area contributed by atoms with Gasteiger partial charge in [0.25, 0.3) is 0 Å². The predicted molar refractivity (Wildman–Crippen MR) is 230 cm³/mol. The summed E-state index contributed by atoms with van der Waals surface area (Å²) in [4.78, 5) is 2.59. The van der Waals surface area contributed by atoms with Crippen molar-refractivity contribution < 1.29 is 4.42 Å². The maximum atomic E-state index is 6.63. The van der Waals surface area contributed by atoms with Gasteiger partial charge in [0, 0.05) is 49.6 Å². The molecule has 3 aliphatic rings. The highest BCUT2D eigenvalue weighted by molar-refractivity contribution is 6.93. The van der Waals surface area contributed by atoms with Crippen LogP contribution in [0.15, 0.2) is 168 Å². The van der Waals surface area contributed by atoms with Crippen LogP contribution < -0.4 is 15.7 Å². The lowest BCUT2D eigenvalue weighted by Crippen LogP contribution is -2.60. The van der Waals surface area contributed by atoms with E-state index < -0.39 is 0 Å². The van der Waals surface area contributed by atoms with Crippen molar-refractivity contribution in [1.29, 1.82) is 0 Å². The van der Waals surface area contributed by atoms with Gasteiger partial charge in [-0.15, -0.1) is 0 Å². The number of hydrogen-bond acceptors (Lipinski definition) is 2. The van der Waals surface area contributed by atoms with E-state index in [1.807, 2.05) is 0 Å². The van der Waals surface area contributed by atoms with Crippen molar-refractivity contribution in [2.24, 2.45) is 0 Å². The quantitative estimate of drug-likeness (QED) is 0.167. The van der Waals surface area contributed by atoms with Gasteiger partial charge in [-0.2, -0.15) is 0 Å². The second-order valence-electron chi connectivity index (χ2n) is 16.0. The average Bonchev–Trinajstić information content (AvgIpc) is 3.85. The fraction of sp³-hybridized carbons (Fsp3) is 0.0588. The van der Waals surface area contributed by atoms with Crippen molar-refractivity contribution in [2.75, 3.05) is 4.81 Å². The minimum Gasteiger partial charge on any atom is -0.456 e. The predicted octanol–water partition coefficient (Wildman–Crippen LogP) is 11.9. The van der Waals surface area contributed by atoms with Crippen LogP contribution in [0.3, 0.4) is 0 Å². The molecule has 1 aliphatic carbocycles. The summed E-state index contributed by atoms with van der Waals surface area (Å²) in [6.07, 6.45) is 0. The first-order chi connectivity index (χ1) is 27.1. The molecule has 10 aromatic rings. The van der Waals surface area contributed by atoms with Crippen LogP contribution >= 0.6 is 0 Å². The zero-order valence-electron chi connectivity index (χ0n) is 30.5. The molecule has 0 fully saturated rings. The van der Waals surface area contributed by atoms with Gasteiger partial charge in [0.05, 0.1) is 11.0 Å². The van der Waals surface area contributed by atoms with Gasteiger partial charge in [-0.3, -0.25) is 0 Å². The molecule has 0 radical (unpaired) electrons. The summed E-state index contributed by atoms with van der Waals surface area (Å²) in [7, 11) is 0. The summed E-state index contributed by atoms with van der Waals surface area (Å²) in [5, 5.41) is 4.86. The summed E-state index contributed by atoms with van der Waals surface area (Å²) in [6, 6.07) is 60.8. The third-order valence-corrected chi connectivity index (χ3v) is 13.0. The smallest absolute Gasteiger partial charge is 0.333 e. The highest BCUT2D eigenvalue weighted by Gasteiger charge is 2.45. The van der Waals surface area contributed by atoms with Crippen molar-refractivity contribution in [3.8, 4) is 39.1 Å². The summed E-state index contributed by atoms with van der Waals surface area (Å²) in [6.45, 7) is 4.68. The Morgan fingerprint density at radius 1 is 0.509 bits per heavy atom. The third kappa shape index (κ3) is 3.67. The van der Waals surface area contributed by atoms with E-state index in [0.29, 0.717) is 0 Å². The topological polar surface area (TPSA) is 21.3 Å². The molecule has 0 unspecified atom stereocenters. The summed E-state index contributed by atoms with van der Waals surface area (Å²) >= 11 is 0. The van der Waals surface area contributed by atoms with Crippen LogP contribution in [0.4, 0.5) is 11.4 Å². The lowest BCUT2D eigenvalue weighted by molar-refractivity contribution is 0.660. The van der Waals surface area contributed by atoms with E-state index in [2.05, 4.69) is 187 Å². The first kappa shape index (κ1) is 29.7. The van der Waals surface area contributed by atoms with Gasteiger partial charge in [0.2, 0.25) is 0 Å². The van der Waals surface area contributed by atoms with Crippen molar-refractivity contribution in [1.82, 2.24) is 4.57 Å². The molecule has 55 heavy (non-hydrogen) atoms. The molecule has 0 saturated carbocycles. The fourth-order valence-electron chi connectivity index (χ4n) is 10.6. The van der Waals surface area contributed by atoms with Crippen LogP contribution in [0.25, 0.3) is 82.8 Å². The van der Waals surface area contributed by atoms with Gasteiger partial charge >= 0.3 is 6.85 Å². The van der Waals surface area contributed by atoms with Gasteiger partial charge in [-0.25, -0.2) is 0 Å². The fourth-order valence-corrected chi connectivity index (χ4v) is 10.6. The Labute approximate surface area is 318 Å². The number of anilines is 2. The Morgan fingerprint density at radius 2 is 1.25 bits per heavy atom. The van der Waals surface area contributed by atoms with Crippen LogP contribution in [0, 0.1) is 0 Å². The number of rotatable bonds is 2. The molecule has 0 spiro atoms. The van der Waals surface area contributed by atoms with Crippen LogP contribution in [0.5, 0.6) is 0 Å². The van der Waals surface area contributed by atoms with E-state index in [-0.39, 0.29) is 12.3 Å². The zero-order valence-corrected chi connectivity index (χ0v) is 30.5. The van der Waals surface area contributed by atoms with E-state index in [0.717, 1.165) is 21.9 Å². The average molecular weight is 701 g/mol. The molecule has 0 atom stereocenters. The number of para-hydroxylation sites is 4. The number of fused-ring (bicyclic) bond motifs is 14. The van der Waals surface area contributed by atoms with Crippen LogP contribution in [-0.4, -0.2) is 11.4 Å². The van der Waals surface area contributed by atoms with Gasteiger partial charge in [-0.1, -0.05) is 123 Å². The molecular weight excluding hydrogens is 667 g/mol. The molecule has 0 bridgehead atoms. The largest absolute Gasteiger partial charge is 0.456 e. The monoisotopic (exact) mass is 700 g/mol. The second kappa shape index (κ2) is 10.2. The zero-order chi connectivity index (χ0) is 36.2. The Kier molecular flexibility index (Phi) is 5.53. The number of nitrogens with zero attached hydrogens (tertiary/aromatic N) is 2. The van der Waals surface area contributed by atoms with Crippen molar-refractivity contribution in [3.05, 3.63) is 175 Å². The standard InChI is InChI=1S/C51H33BN2O/c1-51(2)40-19-9-6-16-32(40)36-26-30(24-25-41(36)51)35-27-39-37-29-47-38(33-17-8-13-23-46(33)55-47)28-45(37)54(31-14-4-3-5-15-31)52-42-20-10-12-22-44(42)53-43-21-11-7-18-34(43)48(35)50(53)49(39)52/h3-29H,1-2H3. The van der Waals surface area contributed by atoms with Gasteiger partial charge < -0.3 is 13.8 Å². The molecule has 2 aromatic heterocycles. The normalized spacial score (nSPS) is 14.4. The highest BCUT2D eigenvalue weighted by Crippen LogP contribution is 2.52. The second-order valence-corrected chi connectivity index (χ2v) is 16.0. The molecule has 8 aromatic carbocycles. The molecule has 0 saturated heterocycles. The van der Waals surface area contributed by atoms with Gasteiger partial charge in [-0.05, 0) is 104 Å². The lowest BCUT2D eigenvalue weighted by atomic mass is 9.44. The molecule has 0 N–H and O–H groups in total. The summed E-state index contributed by atoms with van der Waals surface area (Å²) in [5.41, 5.74) is 20.9. The molecule has 256 valence electrons. The Morgan fingerprint density at radius 3 is 2.16 bits per heavy atom. The van der Waals surface area contributed by atoms with E-state index in [1.165, 1.54) is 94.3 Å². The third-order valence-electron chi connectivity index (χ3n) is 13.0. The van der Waals surface area contributed by atoms with Crippen LogP contribution in [-0.2, 0) is 5.41 Å². The van der Waals surface area contributed by atoms with Gasteiger partial charge in [0.1, 0.15) is 11.2 Å². The molecule has 13 rings (SSSR count). The molecule has 4 heterocycles. The number of furan rings is 1. The molecule has 0 amide bonds. The molecule has 2 aliphatic heterocycles. The maximum absolute atomic E-state index is 6.63. The highest BCUT2D eigenvalue weighted by atomic mass is 16.3. The van der Waals surface area contributed by atoms with E-state index >= 15 is 0 Å². The Balaban J connectivity index is 1.21. The first-order valence-electron chi connectivity index (χ1n) is 19.3. The Hall–Kier alpha value is -6.78. The minimum atomic E-state index is -0.0544. The lowest BCUT2D eigenvalue weighted by Gasteiger charge is -2.42. The van der Waals surface area contributed by atoms with Crippen molar-refractivity contribution in [2.45, 2.75) is 19.3 Å². The minimum absolute atomic E-state index is 0.0437. The van der Waals surface area contributed by atoms with Crippen LogP contribution in [0.2, 0.25) is 0 Å². The first-order valence-corrected chi connectivity index (χ1v) is 19.3. The van der Waals surface area contributed by atoms with E-state index in [1.54, 1.807) is 0 Å². The maximum Gasteiger partial charge on any atom is 0.333 e. The van der Waals surface area contributed by atoms with Crippen LogP contribution in [0.1, 0.15) is 25.0 Å². The summed E-state index contributed by atoms with van der Waals surface area (Å²) in [5.74, 6) is 0. The van der Waals surface area contributed by atoms with Crippen molar-refractivity contribution >= 4 is 72.9 Å². The molecular formula is C51H33BN2O. The number of aromatic nitrogens is 1. The Bertz CT molecular complexity index is 3310. The van der Waals surface area contributed by atoms with Gasteiger partial charge in [0.15, 0.2) is 0 Å². The molecule has 3 nitrogen and oxygen atoms in total. The van der Waals surface area contributed by atoms with Crippen molar-refractivity contribution in [3.63, 3.8) is 0 Å². The number of hydrogen-bond donors (Lipinski definition) is 0. The SMILES string of the molecule is CC1(C)c2ccccc2-c2cc(-c3cc4c5c6c3c3ccccc3n6-c3ccccc3B5N(c3ccccc3)c3cc5c(cc3-4)oc3ccccc35)ccc21. The number of benzene rings is 8.